The van der Waals surface area contributed by atoms with Crippen LogP contribution in [0, 0.1) is 0 Å². The highest BCUT2D eigenvalue weighted by Crippen LogP contribution is 2.63. The first kappa shape index (κ1) is 38.4. The molecule has 3 nitrogen and oxygen atoms in total. The van der Waals surface area contributed by atoms with Crippen molar-refractivity contribution in [3.8, 4) is 84.1 Å². The zero-order valence-electron chi connectivity index (χ0n) is 37.0. The van der Waals surface area contributed by atoms with E-state index in [0.29, 0.717) is 5.82 Å². The van der Waals surface area contributed by atoms with Crippen LogP contribution in [-0.4, -0.2) is 14.5 Å². The van der Waals surface area contributed by atoms with Gasteiger partial charge in [-0.15, -0.1) is 0 Å². The molecule has 316 valence electrons. The van der Waals surface area contributed by atoms with Crippen LogP contribution in [0.2, 0.25) is 0 Å². The molecule has 3 heterocycles. The number of hydrogen-bond acceptors (Lipinski definition) is 2. The van der Waals surface area contributed by atoms with E-state index >= 15 is 0 Å². The topological polar surface area (TPSA) is 30.7 Å². The second kappa shape index (κ2) is 15.1. The molecule has 1 spiro atoms. The van der Waals surface area contributed by atoms with Gasteiger partial charge in [0.15, 0.2) is 5.82 Å². The normalized spacial score (nSPS) is 14.2. The number of hydrogen-bond donors (Lipinski definition) is 0. The summed E-state index contributed by atoms with van der Waals surface area (Å²) in [5.41, 5.74) is 22.6. The monoisotopic (exact) mass is 863 g/mol. The molecule has 0 fully saturated rings. The van der Waals surface area contributed by atoms with E-state index in [4.69, 9.17) is 9.97 Å². The van der Waals surface area contributed by atoms with Gasteiger partial charge in [0, 0.05) is 27.5 Å². The maximum Gasteiger partial charge on any atom is 0.160 e. The summed E-state index contributed by atoms with van der Waals surface area (Å²) in [7, 11) is 0. The summed E-state index contributed by atoms with van der Waals surface area (Å²) >= 11 is 0. The Labute approximate surface area is 395 Å². The van der Waals surface area contributed by atoms with Gasteiger partial charge < -0.3 is 4.57 Å². The Balaban J connectivity index is 1.02. The summed E-state index contributed by atoms with van der Waals surface area (Å²) in [5, 5.41) is 2.52. The van der Waals surface area contributed by atoms with Crippen molar-refractivity contribution < 1.29 is 0 Å². The Morgan fingerprint density at radius 3 is 1.60 bits per heavy atom. The Bertz CT molecular complexity index is 3890. The minimum absolute atomic E-state index is 0.620. The molecule has 0 saturated carbocycles. The number of para-hydroxylation sites is 3. The first-order chi connectivity index (χ1) is 33.7. The van der Waals surface area contributed by atoms with Crippen LogP contribution in [0.1, 0.15) is 22.3 Å². The zero-order chi connectivity index (χ0) is 44.8. The lowest BCUT2D eigenvalue weighted by molar-refractivity contribution is 0.748. The molecule has 0 N–H and O–H groups in total. The molecule has 68 heavy (non-hydrogen) atoms. The van der Waals surface area contributed by atoms with Gasteiger partial charge in [-0.25, -0.2) is 9.97 Å². The molecule has 0 radical (unpaired) electrons. The van der Waals surface area contributed by atoms with Crippen molar-refractivity contribution in [3.63, 3.8) is 0 Å². The summed E-state index contributed by atoms with van der Waals surface area (Å²) in [5.74, 6) is 0.702. The third-order valence-electron chi connectivity index (χ3n) is 14.4. The first-order valence-corrected chi connectivity index (χ1v) is 23.4. The highest BCUT2D eigenvalue weighted by atomic mass is 15.0. The highest BCUT2D eigenvalue weighted by molar-refractivity contribution is 6.13. The molecule has 1 atom stereocenters. The second-order valence-corrected chi connectivity index (χ2v) is 18.0. The van der Waals surface area contributed by atoms with Gasteiger partial charge >= 0.3 is 0 Å². The molecule has 0 amide bonds. The average molecular weight is 864 g/mol. The minimum atomic E-state index is -0.620. The maximum atomic E-state index is 5.46. The molecule has 1 unspecified atom stereocenters. The zero-order valence-corrected chi connectivity index (χ0v) is 37.0. The van der Waals surface area contributed by atoms with Crippen LogP contribution in [0.5, 0.6) is 0 Å². The Morgan fingerprint density at radius 2 is 0.838 bits per heavy atom. The molecule has 3 heteroatoms. The fourth-order valence-corrected chi connectivity index (χ4v) is 11.5. The molecule has 1 aliphatic heterocycles. The van der Waals surface area contributed by atoms with Crippen LogP contribution >= 0.6 is 0 Å². The molecular formula is C65H41N3. The van der Waals surface area contributed by atoms with E-state index < -0.39 is 5.41 Å². The Hall–Kier alpha value is -8.92. The van der Waals surface area contributed by atoms with Crippen molar-refractivity contribution in [2.24, 2.45) is 0 Å². The summed E-state index contributed by atoms with van der Waals surface area (Å²) in [6, 6.07) is 90.6. The number of nitrogens with zero attached hydrogens (tertiary/aromatic N) is 3. The van der Waals surface area contributed by atoms with E-state index in [1.807, 2.05) is 6.07 Å². The van der Waals surface area contributed by atoms with Crippen LogP contribution in [0.15, 0.2) is 249 Å². The first-order valence-electron chi connectivity index (χ1n) is 23.4. The average Bonchev–Trinajstić information content (AvgIpc) is 3.92. The van der Waals surface area contributed by atoms with Crippen molar-refractivity contribution in [2.75, 3.05) is 0 Å². The van der Waals surface area contributed by atoms with Crippen LogP contribution < -0.4 is 0 Å². The third-order valence-corrected chi connectivity index (χ3v) is 14.4. The predicted molar refractivity (Wildman–Crippen MR) is 280 cm³/mol. The van der Waals surface area contributed by atoms with E-state index in [9.17, 15) is 0 Å². The Kier molecular flexibility index (Phi) is 8.50. The fraction of sp³-hybridized carbons (Fsp3) is 0.0154. The summed E-state index contributed by atoms with van der Waals surface area (Å²) in [6.07, 6.45) is 0. The van der Waals surface area contributed by atoms with Gasteiger partial charge in [0.2, 0.25) is 0 Å². The molecule has 10 aromatic carbocycles. The number of aromatic nitrogens is 3. The van der Waals surface area contributed by atoms with Crippen molar-refractivity contribution in [2.45, 2.75) is 5.41 Å². The molecule has 2 aromatic heterocycles. The van der Waals surface area contributed by atoms with Gasteiger partial charge in [0.1, 0.15) is 0 Å². The van der Waals surface area contributed by atoms with E-state index in [2.05, 4.69) is 247 Å². The predicted octanol–water partition coefficient (Wildman–Crippen LogP) is 16.3. The van der Waals surface area contributed by atoms with E-state index in [1.54, 1.807) is 0 Å². The molecule has 14 rings (SSSR count). The van der Waals surface area contributed by atoms with Gasteiger partial charge in [0.05, 0.1) is 33.5 Å². The highest BCUT2D eigenvalue weighted by Gasteiger charge is 2.51. The summed E-state index contributed by atoms with van der Waals surface area (Å²) in [6.45, 7) is 0. The molecule has 0 bridgehead atoms. The molecule has 0 saturated heterocycles. The lowest BCUT2D eigenvalue weighted by atomic mass is 9.65. The van der Waals surface area contributed by atoms with E-state index in [0.717, 1.165) is 28.1 Å². The minimum Gasteiger partial charge on any atom is -0.309 e. The van der Waals surface area contributed by atoms with Gasteiger partial charge in [-0.05, 0) is 97.1 Å². The number of rotatable bonds is 6. The van der Waals surface area contributed by atoms with Gasteiger partial charge in [-0.2, -0.15) is 0 Å². The van der Waals surface area contributed by atoms with Crippen LogP contribution in [0.3, 0.4) is 0 Å². The van der Waals surface area contributed by atoms with Crippen LogP contribution in [0.4, 0.5) is 0 Å². The van der Waals surface area contributed by atoms with Gasteiger partial charge in [-0.1, -0.05) is 218 Å². The second-order valence-electron chi connectivity index (χ2n) is 18.0. The fourth-order valence-electron chi connectivity index (χ4n) is 11.5. The Morgan fingerprint density at radius 1 is 0.309 bits per heavy atom. The number of benzene rings is 10. The molecular weight excluding hydrogens is 823 g/mol. The van der Waals surface area contributed by atoms with Crippen LogP contribution in [0.25, 0.3) is 106 Å². The lowest BCUT2D eigenvalue weighted by Crippen LogP contribution is -2.33. The largest absolute Gasteiger partial charge is 0.309 e. The van der Waals surface area contributed by atoms with E-state index in [-0.39, 0.29) is 0 Å². The molecule has 2 aliphatic rings. The van der Waals surface area contributed by atoms with Gasteiger partial charge in [-0.3, -0.25) is 0 Å². The summed E-state index contributed by atoms with van der Waals surface area (Å²) in [4.78, 5) is 10.7. The smallest absolute Gasteiger partial charge is 0.160 e. The number of fused-ring (bicyclic) bond motifs is 12. The van der Waals surface area contributed by atoms with Crippen molar-refractivity contribution >= 4 is 21.8 Å². The molecule has 1 aliphatic carbocycles. The SMILES string of the molecule is c1ccc(-c2cccc(-c3ccc(-c4ccc5c(c4)-c4c(-c6cc(-c7ccccc7)nc(-c7ccccc7)n6)cccc4C54c5ccccc5-n5c6ccccc6c6cccc4c65)cc3)c2)cc1. The van der Waals surface area contributed by atoms with Crippen LogP contribution in [-0.2, 0) is 5.41 Å². The van der Waals surface area contributed by atoms with Gasteiger partial charge in [0.25, 0.3) is 0 Å². The molecule has 12 aromatic rings. The lowest BCUT2D eigenvalue weighted by Gasteiger charge is -2.39. The van der Waals surface area contributed by atoms with Crippen molar-refractivity contribution in [1.29, 1.82) is 0 Å². The van der Waals surface area contributed by atoms with E-state index in [1.165, 1.54) is 94.3 Å². The van der Waals surface area contributed by atoms with Crippen molar-refractivity contribution in [3.05, 3.63) is 271 Å². The summed E-state index contributed by atoms with van der Waals surface area (Å²) < 4.78 is 2.51. The van der Waals surface area contributed by atoms with Crippen molar-refractivity contribution in [1.82, 2.24) is 14.5 Å². The quantitative estimate of drug-likeness (QED) is 0.167. The third kappa shape index (κ3) is 5.66. The standard InChI is InChI=1S/C65H41N3/c1-4-17-42(18-5-1)47-23-14-24-48(39-47)43-33-35-44(36-34-43)49-37-38-54-53(40-49)62-52(59-41-58(45-19-6-2-7-20-45)66-64(67-59)46-21-8-3-9-22-46)27-16-29-56(62)65(54)55-28-11-13-32-61(55)68-60-31-12-10-25-50(60)51-26-15-30-57(65)63(51)68/h1-41H. The maximum absolute atomic E-state index is 5.46.